The van der Waals surface area contributed by atoms with Gasteiger partial charge < -0.3 is 14.8 Å². The summed E-state index contributed by atoms with van der Waals surface area (Å²) < 4.78 is 10.7. The van der Waals surface area contributed by atoms with E-state index in [4.69, 9.17) is 9.47 Å². The molecular formula is C15H18N2O3S. The second kappa shape index (κ2) is 7.08. The molecule has 1 N–H and O–H groups in total. The van der Waals surface area contributed by atoms with E-state index in [0.29, 0.717) is 30.2 Å². The highest BCUT2D eigenvalue weighted by atomic mass is 32.1. The molecule has 0 spiro atoms. The van der Waals surface area contributed by atoms with E-state index in [-0.39, 0.29) is 5.91 Å². The summed E-state index contributed by atoms with van der Waals surface area (Å²) in [4.78, 5) is 16.5. The zero-order chi connectivity index (χ0) is 15.2. The Labute approximate surface area is 127 Å². The van der Waals surface area contributed by atoms with Gasteiger partial charge >= 0.3 is 0 Å². The summed E-state index contributed by atoms with van der Waals surface area (Å²) >= 11 is 1.53. The topological polar surface area (TPSA) is 60.5 Å². The fourth-order valence-corrected chi connectivity index (χ4v) is 2.54. The number of aryl methyl sites for hydroxylation is 1. The quantitative estimate of drug-likeness (QED) is 0.891. The fourth-order valence-electron chi connectivity index (χ4n) is 1.83. The van der Waals surface area contributed by atoms with Crippen molar-refractivity contribution in [1.29, 1.82) is 0 Å². The molecule has 0 aliphatic heterocycles. The van der Waals surface area contributed by atoms with Gasteiger partial charge in [0, 0.05) is 16.6 Å². The van der Waals surface area contributed by atoms with E-state index in [1.165, 1.54) is 11.3 Å². The van der Waals surface area contributed by atoms with Crippen LogP contribution in [0.1, 0.15) is 28.0 Å². The highest BCUT2D eigenvalue weighted by molar-refractivity contribution is 7.09. The van der Waals surface area contributed by atoms with Crippen LogP contribution in [-0.2, 0) is 6.54 Å². The highest BCUT2D eigenvalue weighted by Gasteiger charge is 2.11. The summed E-state index contributed by atoms with van der Waals surface area (Å²) in [6, 6.07) is 5.13. The Kier molecular flexibility index (Phi) is 5.16. The normalized spacial score (nSPS) is 10.2. The van der Waals surface area contributed by atoms with Gasteiger partial charge in [-0.3, -0.25) is 4.79 Å². The summed E-state index contributed by atoms with van der Waals surface area (Å²) in [5.41, 5.74) is 1.50. The number of carbonyl (C=O) groups is 1. The average molecular weight is 306 g/mol. The SMILES string of the molecule is CCOc1cc(C(=O)NCc2nc(C)cs2)ccc1OC. The zero-order valence-electron chi connectivity index (χ0n) is 12.3. The van der Waals surface area contributed by atoms with Gasteiger partial charge in [-0.1, -0.05) is 0 Å². The molecule has 1 aromatic carbocycles. The van der Waals surface area contributed by atoms with Crippen molar-refractivity contribution >= 4 is 17.2 Å². The van der Waals surface area contributed by atoms with Gasteiger partial charge in [-0.05, 0) is 32.0 Å². The number of carbonyl (C=O) groups excluding carboxylic acids is 1. The smallest absolute Gasteiger partial charge is 0.251 e. The van der Waals surface area contributed by atoms with Gasteiger partial charge in [0.1, 0.15) is 5.01 Å². The van der Waals surface area contributed by atoms with Crippen LogP contribution in [-0.4, -0.2) is 24.6 Å². The van der Waals surface area contributed by atoms with Crippen LogP contribution in [0.4, 0.5) is 0 Å². The van der Waals surface area contributed by atoms with Gasteiger partial charge in [-0.15, -0.1) is 11.3 Å². The Hall–Kier alpha value is -2.08. The van der Waals surface area contributed by atoms with Crippen LogP contribution in [0.25, 0.3) is 0 Å². The molecule has 0 bridgehead atoms. The highest BCUT2D eigenvalue weighted by Crippen LogP contribution is 2.28. The molecule has 2 aromatic rings. The maximum Gasteiger partial charge on any atom is 0.251 e. The summed E-state index contributed by atoms with van der Waals surface area (Å²) in [5.74, 6) is 1.02. The summed E-state index contributed by atoms with van der Waals surface area (Å²) in [5, 5.41) is 5.70. The number of benzene rings is 1. The van der Waals surface area contributed by atoms with Crippen molar-refractivity contribution < 1.29 is 14.3 Å². The number of methoxy groups -OCH3 is 1. The first kappa shape index (κ1) is 15.3. The van der Waals surface area contributed by atoms with E-state index in [9.17, 15) is 4.79 Å². The Bertz CT molecular complexity index is 625. The Morgan fingerprint density at radius 2 is 2.19 bits per heavy atom. The van der Waals surface area contributed by atoms with Crippen molar-refractivity contribution in [2.45, 2.75) is 20.4 Å². The molecule has 0 saturated heterocycles. The van der Waals surface area contributed by atoms with Crippen molar-refractivity contribution in [2.75, 3.05) is 13.7 Å². The minimum Gasteiger partial charge on any atom is -0.493 e. The third-order valence-corrected chi connectivity index (χ3v) is 3.76. The van der Waals surface area contributed by atoms with Gasteiger partial charge in [-0.2, -0.15) is 0 Å². The van der Waals surface area contributed by atoms with E-state index in [1.54, 1.807) is 25.3 Å². The first-order valence-corrected chi connectivity index (χ1v) is 7.52. The molecule has 0 aliphatic rings. The van der Waals surface area contributed by atoms with Crippen molar-refractivity contribution in [3.63, 3.8) is 0 Å². The van der Waals surface area contributed by atoms with E-state index >= 15 is 0 Å². The first-order valence-electron chi connectivity index (χ1n) is 6.64. The molecule has 6 heteroatoms. The van der Waals surface area contributed by atoms with Gasteiger partial charge in [0.2, 0.25) is 0 Å². The molecule has 0 unspecified atom stereocenters. The molecule has 0 aliphatic carbocycles. The molecule has 112 valence electrons. The van der Waals surface area contributed by atoms with Crippen LogP contribution < -0.4 is 14.8 Å². The molecule has 0 atom stereocenters. The molecular weight excluding hydrogens is 288 g/mol. The first-order chi connectivity index (χ1) is 10.1. The number of thiazole rings is 1. The molecule has 1 aromatic heterocycles. The average Bonchev–Trinajstić information content (AvgIpc) is 2.90. The minimum atomic E-state index is -0.161. The van der Waals surface area contributed by atoms with Crippen LogP contribution in [0.5, 0.6) is 11.5 Å². The predicted octanol–water partition coefficient (Wildman–Crippen LogP) is 2.79. The number of hydrogen-bond acceptors (Lipinski definition) is 5. The molecule has 5 nitrogen and oxygen atoms in total. The molecule has 0 saturated carbocycles. The predicted molar refractivity (Wildman–Crippen MR) is 82.2 cm³/mol. The molecule has 21 heavy (non-hydrogen) atoms. The lowest BCUT2D eigenvalue weighted by molar-refractivity contribution is 0.0950. The summed E-state index contributed by atoms with van der Waals surface area (Å²) in [6.45, 7) is 4.75. The monoisotopic (exact) mass is 306 g/mol. The lowest BCUT2D eigenvalue weighted by Crippen LogP contribution is -2.22. The van der Waals surface area contributed by atoms with Gasteiger partial charge in [0.25, 0.3) is 5.91 Å². The van der Waals surface area contributed by atoms with Gasteiger partial charge in [-0.25, -0.2) is 4.98 Å². The molecule has 2 rings (SSSR count). The largest absolute Gasteiger partial charge is 0.493 e. The number of nitrogens with zero attached hydrogens (tertiary/aromatic N) is 1. The Morgan fingerprint density at radius 1 is 1.38 bits per heavy atom. The van der Waals surface area contributed by atoms with Crippen LogP contribution in [0.2, 0.25) is 0 Å². The Balaban J connectivity index is 2.06. The summed E-state index contributed by atoms with van der Waals surface area (Å²) in [7, 11) is 1.57. The fraction of sp³-hybridized carbons (Fsp3) is 0.333. The number of aromatic nitrogens is 1. The standard InChI is InChI=1S/C15H18N2O3S/c1-4-20-13-7-11(5-6-12(13)19-3)15(18)16-8-14-17-10(2)9-21-14/h5-7,9H,4,8H2,1-3H3,(H,16,18). The maximum atomic E-state index is 12.2. The third-order valence-electron chi connectivity index (χ3n) is 2.79. The van der Waals surface area contributed by atoms with Gasteiger partial charge in [0.05, 0.1) is 20.3 Å². The number of nitrogens with one attached hydrogen (secondary N) is 1. The van der Waals surface area contributed by atoms with Crippen LogP contribution in [0, 0.1) is 6.92 Å². The lowest BCUT2D eigenvalue weighted by atomic mass is 10.2. The van der Waals surface area contributed by atoms with Crippen molar-refractivity contribution in [1.82, 2.24) is 10.3 Å². The Morgan fingerprint density at radius 3 is 2.81 bits per heavy atom. The van der Waals surface area contributed by atoms with Crippen LogP contribution in [0.3, 0.4) is 0 Å². The van der Waals surface area contributed by atoms with E-state index < -0.39 is 0 Å². The van der Waals surface area contributed by atoms with Crippen molar-refractivity contribution in [2.24, 2.45) is 0 Å². The molecule has 1 amide bonds. The molecule has 1 heterocycles. The number of rotatable bonds is 6. The van der Waals surface area contributed by atoms with E-state index in [1.807, 2.05) is 19.2 Å². The van der Waals surface area contributed by atoms with Crippen LogP contribution in [0.15, 0.2) is 23.6 Å². The molecule has 0 radical (unpaired) electrons. The van der Waals surface area contributed by atoms with Gasteiger partial charge in [0.15, 0.2) is 11.5 Å². The van der Waals surface area contributed by atoms with E-state index in [0.717, 1.165) is 10.7 Å². The van der Waals surface area contributed by atoms with Crippen molar-refractivity contribution in [3.8, 4) is 11.5 Å². The minimum absolute atomic E-state index is 0.161. The summed E-state index contributed by atoms with van der Waals surface area (Å²) in [6.07, 6.45) is 0. The third kappa shape index (κ3) is 3.95. The second-order valence-electron chi connectivity index (χ2n) is 4.36. The van der Waals surface area contributed by atoms with E-state index in [2.05, 4.69) is 10.3 Å². The number of ether oxygens (including phenoxy) is 2. The lowest BCUT2D eigenvalue weighted by Gasteiger charge is -2.11. The zero-order valence-corrected chi connectivity index (χ0v) is 13.1. The second-order valence-corrected chi connectivity index (χ2v) is 5.31. The molecule has 0 fully saturated rings. The van der Waals surface area contributed by atoms with Crippen LogP contribution >= 0.6 is 11.3 Å². The maximum absolute atomic E-state index is 12.2. The number of amides is 1. The number of hydrogen-bond donors (Lipinski definition) is 1. The van der Waals surface area contributed by atoms with Crippen molar-refractivity contribution in [3.05, 3.63) is 39.8 Å².